The van der Waals surface area contributed by atoms with E-state index in [0.29, 0.717) is 5.88 Å². The summed E-state index contributed by atoms with van der Waals surface area (Å²) in [6.45, 7) is 7.96. The lowest BCUT2D eigenvalue weighted by atomic mass is 9.78. The maximum Gasteiger partial charge on any atom is 0.0860 e. The number of hydrogen-bond acceptors (Lipinski definition) is 2. The Kier molecular flexibility index (Phi) is 5.38. The fourth-order valence-corrected chi connectivity index (χ4v) is 3.55. The Labute approximate surface area is 132 Å². The molecule has 0 aromatic carbocycles. The van der Waals surface area contributed by atoms with Gasteiger partial charge in [0.15, 0.2) is 0 Å². The van der Waals surface area contributed by atoms with Crippen molar-refractivity contribution in [3.63, 3.8) is 0 Å². The lowest BCUT2D eigenvalue weighted by Crippen LogP contribution is -2.49. The van der Waals surface area contributed by atoms with Crippen LogP contribution >= 0.6 is 23.2 Å². The van der Waals surface area contributed by atoms with Crippen LogP contribution in [0, 0.1) is 12.8 Å². The molecule has 3 nitrogen and oxygen atoms in total. The highest BCUT2D eigenvalue weighted by molar-refractivity contribution is 6.31. The first-order valence-electron chi connectivity index (χ1n) is 7.54. The van der Waals surface area contributed by atoms with Gasteiger partial charge >= 0.3 is 0 Å². The normalized spacial score (nSPS) is 26.9. The number of alkyl halides is 1. The van der Waals surface area contributed by atoms with Gasteiger partial charge in [-0.1, -0.05) is 18.5 Å². The van der Waals surface area contributed by atoms with Crippen molar-refractivity contribution in [3.8, 4) is 0 Å². The Morgan fingerprint density at radius 3 is 2.60 bits per heavy atom. The standard InChI is InChI=1S/C15H25Cl2N3/c1-4-20-13(14(17)12(3)19-20)9-18-15(10-16)7-5-11(2)6-8-15/h11,18H,4-10H2,1-3H3. The van der Waals surface area contributed by atoms with Gasteiger partial charge in [0.2, 0.25) is 0 Å². The van der Waals surface area contributed by atoms with Crippen LogP contribution in [0.3, 0.4) is 0 Å². The van der Waals surface area contributed by atoms with Crippen LogP contribution in [0.1, 0.15) is 50.9 Å². The van der Waals surface area contributed by atoms with E-state index in [1.807, 2.05) is 11.6 Å². The summed E-state index contributed by atoms with van der Waals surface area (Å²) < 4.78 is 1.98. The van der Waals surface area contributed by atoms with Crippen LogP contribution in [0.15, 0.2) is 0 Å². The SMILES string of the molecule is CCn1nc(C)c(Cl)c1CNC1(CCl)CCC(C)CC1. The molecule has 0 spiro atoms. The number of aryl methyl sites for hydroxylation is 2. The van der Waals surface area contributed by atoms with Gasteiger partial charge in [0.05, 0.1) is 16.4 Å². The molecule has 20 heavy (non-hydrogen) atoms. The van der Waals surface area contributed by atoms with Crippen LogP contribution in [0.2, 0.25) is 5.02 Å². The van der Waals surface area contributed by atoms with Gasteiger partial charge in [0, 0.05) is 24.5 Å². The quantitative estimate of drug-likeness (QED) is 0.827. The van der Waals surface area contributed by atoms with Crippen molar-refractivity contribution in [3.05, 3.63) is 16.4 Å². The minimum atomic E-state index is 0.0636. The molecule has 2 rings (SSSR count). The molecule has 1 saturated carbocycles. The summed E-state index contributed by atoms with van der Waals surface area (Å²) in [4.78, 5) is 0. The van der Waals surface area contributed by atoms with Crippen molar-refractivity contribution < 1.29 is 0 Å². The van der Waals surface area contributed by atoms with Gasteiger partial charge in [-0.2, -0.15) is 5.10 Å². The number of nitrogens with one attached hydrogen (secondary N) is 1. The number of rotatable bonds is 5. The smallest absolute Gasteiger partial charge is 0.0860 e. The van der Waals surface area contributed by atoms with E-state index in [0.717, 1.165) is 48.3 Å². The predicted octanol–water partition coefficient (Wildman–Crippen LogP) is 4.14. The van der Waals surface area contributed by atoms with Crippen molar-refractivity contribution in [2.24, 2.45) is 5.92 Å². The summed E-state index contributed by atoms with van der Waals surface area (Å²) in [5.74, 6) is 1.48. The van der Waals surface area contributed by atoms with E-state index in [1.165, 1.54) is 12.8 Å². The average molecular weight is 318 g/mol. The van der Waals surface area contributed by atoms with Gasteiger partial charge in [-0.3, -0.25) is 4.68 Å². The van der Waals surface area contributed by atoms with Gasteiger partial charge in [0.25, 0.3) is 0 Å². The fourth-order valence-electron chi connectivity index (χ4n) is 2.98. The van der Waals surface area contributed by atoms with Gasteiger partial charge in [-0.25, -0.2) is 0 Å². The van der Waals surface area contributed by atoms with E-state index < -0.39 is 0 Å². The summed E-state index contributed by atoms with van der Waals surface area (Å²) in [6.07, 6.45) is 4.79. The van der Waals surface area contributed by atoms with E-state index in [9.17, 15) is 0 Å². The molecule has 0 unspecified atom stereocenters. The molecule has 114 valence electrons. The molecule has 1 heterocycles. The number of hydrogen-bond donors (Lipinski definition) is 1. The zero-order valence-corrected chi connectivity index (χ0v) is 14.2. The van der Waals surface area contributed by atoms with Crippen molar-refractivity contribution in [2.75, 3.05) is 5.88 Å². The minimum Gasteiger partial charge on any atom is -0.304 e. The second kappa shape index (κ2) is 6.67. The Balaban J connectivity index is 2.07. The summed E-state index contributed by atoms with van der Waals surface area (Å²) in [6, 6.07) is 0. The zero-order chi connectivity index (χ0) is 14.8. The fraction of sp³-hybridized carbons (Fsp3) is 0.800. The van der Waals surface area contributed by atoms with Crippen molar-refractivity contribution in [1.29, 1.82) is 0 Å². The van der Waals surface area contributed by atoms with Crippen molar-refractivity contribution >= 4 is 23.2 Å². The molecule has 1 N–H and O–H groups in total. The molecule has 1 aromatic heterocycles. The molecule has 0 bridgehead atoms. The summed E-state index contributed by atoms with van der Waals surface area (Å²) in [5, 5.41) is 8.92. The average Bonchev–Trinajstić information content (AvgIpc) is 2.74. The van der Waals surface area contributed by atoms with Crippen LogP contribution in [-0.2, 0) is 13.1 Å². The highest BCUT2D eigenvalue weighted by atomic mass is 35.5. The summed E-state index contributed by atoms with van der Waals surface area (Å²) >= 11 is 12.6. The molecule has 0 amide bonds. The monoisotopic (exact) mass is 317 g/mol. The molecule has 1 aliphatic rings. The molecule has 0 aliphatic heterocycles. The van der Waals surface area contributed by atoms with Gasteiger partial charge in [-0.15, -0.1) is 11.6 Å². The van der Waals surface area contributed by atoms with E-state index in [-0.39, 0.29) is 5.54 Å². The summed E-state index contributed by atoms with van der Waals surface area (Å²) in [7, 11) is 0. The van der Waals surface area contributed by atoms with Gasteiger partial charge in [-0.05, 0) is 45.4 Å². The third kappa shape index (κ3) is 3.32. The molecule has 5 heteroatoms. The Hall–Kier alpha value is -0.250. The third-order valence-electron chi connectivity index (χ3n) is 4.57. The highest BCUT2D eigenvalue weighted by Gasteiger charge is 2.33. The number of halogens is 2. The first kappa shape index (κ1) is 16.1. The molecule has 0 radical (unpaired) electrons. The first-order valence-corrected chi connectivity index (χ1v) is 8.45. The molecule has 1 aromatic rings. The minimum absolute atomic E-state index is 0.0636. The van der Waals surface area contributed by atoms with Crippen molar-refractivity contribution in [2.45, 2.75) is 65.1 Å². The number of aromatic nitrogens is 2. The van der Waals surface area contributed by atoms with Crippen LogP contribution in [0.25, 0.3) is 0 Å². The topological polar surface area (TPSA) is 29.9 Å². The van der Waals surface area contributed by atoms with Crippen LogP contribution in [0.5, 0.6) is 0 Å². The predicted molar refractivity (Wildman–Crippen MR) is 85.6 cm³/mol. The second-order valence-corrected chi connectivity index (χ2v) is 6.76. The molecular weight excluding hydrogens is 293 g/mol. The van der Waals surface area contributed by atoms with E-state index >= 15 is 0 Å². The van der Waals surface area contributed by atoms with E-state index in [4.69, 9.17) is 23.2 Å². The van der Waals surface area contributed by atoms with Gasteiger partial charge in [0.1, 0.15) is 0 Å². The summed E-state index contributed by atoms with van der Waals surface area (Å²) in [5.41, 5.74) is 2.05. The largest absolute Gasteiger partial charge is 0.304 e. The Morgan fingerprint density at radius 2 is 2.05 bits per heavy atom. The molecule has 1 aliphatic carbocycles. The maximum atomic E-state index is 6.37. The molecule has 0 saturated heterocycles. The molecule has 0 atom stereocenters. The van der Waals surface area contributed by atoms with E-state index in [1.54, 1.807) is 0 Å². The van der Waals surface area contributed by atoms with Crippen LogP contribution in [0.4, 0.5) is 0 Å². The Morgan fingerprint density at radius 1 is 1.40 bits per heavy atom. The van der Waals surface area contributed by atoms with Crippen LogP contribution < -0.4 is 5.32 Å². The second-order valence-electron chi connectivity index (χ2n) is 6.11. The first-order chi connectivity index (χ1) is 9.51. The van der Waals surface area contributed by atoms with E-state index in [2.05, 4.69) is 24.3 Å². The third-order valence-corrected chi connectivity index (χ3v) is 5.57. The Bertz CT molecular complexity index is 448. The van der Waals surface area contributed by atoms with Gasteiger partial charge < -0.3 is 5.32 Å². The number of nitrogens with zero attached hydrogens (tertiary/aromatic N) is 2. The van der Waals surface area contributed by atoms with Crippen LogP contribution in [-0.4, -0.2) is 21.2 Å². The lowest BCUT2D eigenvalue weighted by Gasteiger charge is -2.39. The zero-order valence-electron chi connectivity index (χ0n) is 12.7. The van der Waals surface area contributed by atoms with Crippen molar-refractivity contribution in [1.82, 2.24) is 15.1 Å². The maximum absolute atomic E-state index is 6.37. The highest BCUT2D eigenvalue weighted by Crippen LogP contribution is 2.33. The lowest BCUT2D eigenvalue weighted by molar-refractivity contribution is 0.214. The molecular formula is C15H25Cl2N3. The molecule has 1 fully saturated rings.